The van der Waals surface area contributed by atoms with Gasteiger partial charge in [0.1, 0.15) is 0 Å². The molecular formula is C20H29N3O3S. The van der Waals surface area contributed by atoms with Crippen LogP contribution in [-0.2, 0) is 27.8 Å². The van der Waals surface area contributed by atoms with Crippen LogP contribution in [-0.4, -0.2) is 74.0 Å². The average molecular weight is 392 g/mol. The number of rotatable bonds is 2. The lowest BCUT2D eigenvalue weighted by atomic mass is 9.68. The first-order valence-electron chi connectivity index (χ1n) is 9.83. The van der Waals surface area contributed by atoms with E-state index in [9.17, 15) is 13.2 Å². The van der Waals surface area contributed by atoms with Crippen molar-refractivity contribution in [2.75, 3.05) is 39.5 Å². The molecule has 1 aromatic rings. The van der Waals surface area contributed by atoms with Crippen molar-refractivity contribution in [3.05, 3.63) is 35.4 Å². The monoisotopic (exact) mass is 391 g/mol. The molecule has 3 aliphatic rings. The lowest BCUT2D eigenvalue weighted by Gasteiger charge is -2.54. The molecule has 2 saturated heterocycles. The second-order valence-corrected chi connectivity index (χ2v) is 10.3. The number of likely N-dealkylation sites (tertiary alicyclic amines) is 1. The molecule has 4 rings (SSSR count). The van der Waals surface area contributed by atoms with Gasteiger partial charge in [0.2, 0.25) is 15.9 Å². The molecule has 2 atom stereocenters. The van der Waals surface area contributed by atoms with Crippen molar-refractivity contribution >= 4 is 15.9 Å². The Balaban J connectivity index is 1.66. The standard InChI is InChI=1S/C20H29N3O3S/c1-21-13-10-20(9-5-11-23(18(20)15-21)27(2,25)26)19(24)22-12-8-16-6-3-4-7-17(16)14-22/h3-4,6-7,18H,5,8-15H2,1-2H3/t18-,20+/m0/s1. The van der Waals surface area contributed by atoms with E-state index in [1.165, 1.54) is 17.4 Å². The van der Waals surface area contributed by atoms with Crippen molar-refractivity contribution < 1.29 is 13.2 Å². The Morgan fingerprint density at radius 2 is 1.85 bits per heavy atom. The second kappa shape index (κ2) is 6.87. The number of hydrogen-bond acceptors (Lipinski definition) is 4. The number of nitrogens with zero attached hydrogens (tertiary/aromatic N) is 3. The molecule has 1 aromatic carbocycles. The van der Waals surface area contributed by atoms with Crippen molar-refractivity contribution in [1.29, 1.82) is 0 Å². The highest BCUT2D eigenvalue weighted by molar-refractivity contribution is 7.88. The molecule has 6 nitrogen and oxygen atoms in total. The van der Waals surface area contributed by atoms with Crippen LogP contribution in [0, 0.1) is 5.41 Å². The maximum Gasteiger partial charge on any atom is 0.230 e. The number of amides is 1. The number of benzene rings is 1. The minimum Gasteiger partial charge on any atom is -0.337 e. The van der Waals surface area contributed by atoms with Gasteiger partial charge in [-0.25, -0.2) is 8.42 Å². The third-order valence-electron chi connectivity index (χ3n) is 6.68. The zero-order valence-electron chi connectivity index (χ0n) is 16.2. The molecule has 3 aliphatic heterocycles. The number of carbonyl (C=O) groups excluding carboxylic acids is 1. The molecule has 0 N–H and O–H groups in total. The lowest BCUT2D eigenvalue weighted by Crippen LogP contribution is -2.66. The van der Waals surface area contributed by atoms with Crippen molar-refractivity contribution in [1.82, 2.24) is 14.1 Å². The van der Waals surface area contributed by atoms with Crippen LogP contribution in [0.3, 0.4) is 0 Å². The van der Waals surface area contributed by atoms with Gasteiger partial charge in [-0.15, -0.1) is 0 Å². The van der Waals surface area contributed by atoms with Crippen molar-refractivity contribution in [2.24, 2.45) is 5.41 Å². The fourth-order valence-corrected chi connectivity index (χ4v) is 6.41. The maximum absolute atomic E-state index is 13.8. The minimum absolute atomic E-state index is 0.156. The van der Waals surface area contributed by atoms with Crippen molar-refractivity contribution in [2.45, 2.75) is 38.3 Å². The molecule has 0 aliphatic carbocycles. The van der Waals surface area contributed by atoms with Gasteiger partial charge in [-0.2, -0.15) is 4.31 Å². The summed E-state index contributed by atoms with van der Waals surface area (Å²) in [6, 6.07) is 8.05. The van der Waals surface area contributed by atoms with Crippen LogP contribution in [0.25, 0.3) is 0 Å². The summed E-state index contributed by atoms with van der Waals surface area (Å²) in [5.41, 5.74) is 1.95. The quantitative estimate of drug-likeness (QED) is 0.763. The largest absolute Gasteiger partial charge is 0.337 e. The molecule has 0 saturated carbocycles. The fourth-order valence-electron chi connectivity index (χ4n) is 5.22. The van der Waals surface area contributed by atoms with Crippen LogP contribution in [0.2, 0.25) is 0 Å². The minimum atomic E-state index is -3.33. The van der Waals surface area contributed by atoms with E-state index in [2.05, 4.69) is 17.0 Å². The van der Waals surface area contributed by atoms with E-state index < -0.39 is 15.4 Å². The Hall–Kier alpha value is -1.44. The highest BCUT2D eigenvalue weighted by atomic mass is 32.2. The number of hydrogen-bond donors (Lipinski definition) is 0. The average Bonchev–Trinajstić information content (AvgIpc) is 2.65. The van der Waals surface area contributed by atoms with Crippen LogP contribution in [0.4, 0.5) is 0 Å². The summed E-state index contributed by atoms with van der Waals surface area (Å²) in [6.07, 6.45) is 4.42. The van der Waals surface area contributed by atoms with Gasteiger partial charge in [-0.05, 0) is 50.4 Å². The number of sulfonamides is 1. The zero-order chi connectivity index (χ0) is 19.2. The second-order valence-electron chi connectivity index (χ2n) is 8.41. The normalized spacial score (nSPS) is 29.9. The molecule has 1 amide bonds. The molecule has 0 spiro atoms. The van der Waals surface area contributed by atoms with Crippen LogP contribution >= 0.6 is 0 Å². The molecule has 3 heterocycles. The lowest BCUT2D eigenvalue weighted by molar-refractivity contribution is -0.153. The SMILES string of the molecule is CN1CC[C@]2(C(=O)N3CCc4ccccc4C3)CCCN(S(C)(=O)=O)[C@H]2C1. The van der Waals surface area contributed by atoms with E-state index in [0.717, 1.165) is 38.8 Å². The first kappa shape index (κ1) is 18.9. The molecule has 27 heavy (non-hydrogen) atoms. The zero-order valence-corrected chi connectivity index (χ0v) is 17.0. The smallest absolute Gasteiger partial charge is 0.230 e. The van der Waals surface area contributed by atoms with E-state index in [0.29, 0.717) is 19.6 Å². The number of fused-ring (bicyclic) bond motifs is 2. The Morgan fingerprint density at radius 3 is 2.59 bits per heavy atom. The number of likely N-dealkylation sites (N-methyl/N-ethyl adjacent to an activating group) is 1. The van der Waals surface area contributed by atoms with Crippen molar-refractivity contribution in [3.8, 4) is 0 Å². The highest BCUT2D eigenvalue weighted by Crippen LogP contribution is 2.45. The van der Waals surface area contributed by atoms with Crippen LogP contribution in [0.1, 0.15) is 30.4 Å². The summed E-state index contributed by atoms with van der Waals surface area (Å²) in [5.74, 6) is 0.156. The Bertz CT molecular complexity index is 841. The highest BCUT2D eigenvalue weighted by Gasteiger charge is 2.55. The van der Waals surface area contributed by atoms with Crippen molar-refractivity contribution in [3.63, 3.8) is 0 Å². The van der Waals surface area contributed by atoms with E-state index in [1.54, 1.807) is 4.31 Å². The Morgan fingerprint density at radius 1 is 1.11 bits per heavy atom. The molecule has 0 aromatic heterocycles. The summed E-state index contributed by atoms with van der Waals surface area (Å²) in [5, 5.41) is 0. The Kier molecular flexibility index (Phi) is 4.81. The van der Waals surface area contributed by atoms with E-state index in [1.807, 2.05) is 24.1 Å². The topological polar surface area (TPSA) is 60.9 Å². The van der Waals surface area contributed by atoms with Gasteiger partial charge in [0.15, 0.2) is 0 Å². The summed E-state index contributed by atoms with van der Waals surface area (Å²) in [4.78, 5) is 17.9. The van der Waals surface area contributed by atoms with Gasteiger partial charge in [0.25, 0.3) is 0 Å². The third-order valence-corrected chi connectivity index (χ3v) is 7.97. The van der Waals surface area contributed by atoms with Gasteiger partial charge in [0.05, 0.1) is 17.7 Å². The summed E-state index contributed by atoms with van der Waals surface area (Å²) >= 11 is 0. The molecule has 2 fully saturated rings. The first-order valence-corrected chi connectivity index (χ1v) is 11.7. The van der Waals surface area contributed by atoms with Crippen LogP contribution in [0.15, 0.2) is 24.3 Å². The van der Waals surface area contributed by atoms with E-state index in [4.69, 9.17) is 0 Å². The predicted octanol–water partition coefficient (Wildman–Crippen LogP) is 1.32. The molecule has 0 unspecified atom stereocenters. The van der Waals surface area contributed by atoms with Crippen LogP contribution < -0.4 is 0 Å². The van der Waals surface area contributed by atoms with E-state index in [-0.39, 0.29) is 11.9 Å². The number of piperidine rings is 2. The van der Waals surface area contributed by atoms with Gasteiger partial charge < -0.3 is 9.80 Å². The molecular weight excluding hydrogens is 362 g/mol. The molecule has 148 valence electrons. The summed E-state index contributed by atoms with van der Waals surface area (Å²) < 4.78 is 26.5. The van der Waals surface area contributed by atoms with E-state index >= 15 is 0 Å². The van der Waals surface area contributed by atoms with Gasteiger partial charge in [-0.1, -0.05) is 24.3 Å². The Labute approximate surface area is 162 Å². The molecule has 7 heteroatoms. The molecule has 0 bridgehead atoms. The van der Waals surface area contributed by atoms with Gasteiger partial charge in [-0.3, -0.25) is 4.79 Å². The third kappa shape index (κ3) is 3.30. The van der Waals surface area contributed by atoms with Crippen LogP contribution in [0.5, 0.6) is 0 Å². The van der Waals surface area contributed by atoms with Gasteiger partial charge in [0, 0.05) is 26.2 Å². The predicted molar refractivity (Wildman–Crippen MR) is 105 cm³/mol. The van der Waals surface area contributed by atoms with Gasteiger partial charge >= 0.3 is 0 Å². The molecule has 0 radical (unpaired) electrons. The summed E-state index contributed by atoms with van der Waals surface area (Å²) in [6.45, 7) is 3.35. The maximum atomic E-state index is 13.8. The fraction of sp³-hybridized carbons (Fsp3) is 0.650. The summed E-state index contributed by atoms with van der Waals surface area (Å²) in [7, 11) is -1.32. The number of carbonyl (C=O) groups is 1. The first-order chi connectivity index (χ1) is 12.8.